The van der Waals surface area contributed by atoms with Crippen LogP contribution in [0.1, 0.15) is 0 Å². The maximum atomic E-state index is 10.7. The number of hydrogen-bond acceptors (Lipinski definition) is 1. The van der Waals surface area contributed by atoms with Crippen molar-refractivity contribution in [2.45, 2.75) is 6.30 Å². The van der Waals surface area contributed by atoms with E-state index in [1.165, 1.54) is 0 Å². The molecule has 0 saturated heterocycles. The van der Waals surface area contributed by atoms with E-state index in [2.05, 4.69) is 0 Å². The van der Waals surface area contributed by atoms with Gasteiger partial charge in [0.05, 0.1) is 0 Å². The number of alkyl halides is 3. The van der Waals surface area contributed by atoms with Crippen LogP contribution in [0.3, 0.4) is 0 Å². The summed E-state index contributed by atoms with van der Waals surface area (Å²) in [6, 6.07) is 0. The minimum atomic E-state index is -4.95. The predicted octanol–water partition coefficient (Wildman–Crippen LogP) is 1.19. The molecule has 0 saturated carbocycles. The third-order valence-electron chi connectivity index (χ3n) is 0.240. The highest BCUT2D eigenvalue weighted by Gasteiger charge is 2.29. The maximum Gasteiger partial charge on any atom is 0.486 e. The normalized spacial score (nSPS) is 11.0. The molecule has 0 aliphatic heterocycles. The van der Waals surface area contributed by atoms with Crippen LogP contribution in [0.25, 0.3) is 0 Å². The zero-order valence-electron chi connectivity index (χ0n) is 3.42. The Hall–Kier alpha value is -0.810. The van der Waals surface area contributed by atoms with E-state index in [0.29, 0.717) is 0 Å². The molecule has 0 rings (SSSR count). The molecule has 0 aromatic carbocycles. The first kappa shape index (κ1) is 7.19. The maximum absolute atomic E-state index is 10.7. The smallest absolute Gasteiger partial charge is 0.239 e. The minimum absolute atomic E-state index is 0.0764. The highest BCUT2D eigenvalue weighted by atomic mass is 19.4. The summed E-state index contributed by atoms with van der Waals surface area (Å²) in [6.07, 6.45) is -7.55. The molecule has 0 unspecified atom stereocenters. The first-order valence-electron chi connectivity index (χ1n) is 1.46. The summed E-state index contributed by atoms with van der Waals surface area (Å²) in [5, 5.41) is 0.0764. The second-order valence-electron chi connectivity index (χ2n) is 0.896. The Bertz CT molecular complexity index is 96.7. The van der Waals surface area contributed by atoms with E-state index in [9.17, 15) is 17.6 Å². The average Bonchev–Trinajstić information content (AvgIpc) is 1.21. The standard InChI is InChI=1S/C2HF4NO/c3-1(8)7-2(4,5)6/h(H,7,8). The number of carbonyl (C=O) groups is 1. The molecule has 0 spiro atoms. The Morgan fingerprint density at radius 2 is 1.75 bits per heavy atom. The molecular weight excluding hydrogens is 130 g/mol. The summed E-state index contributed by atoms with van der Waals surface area (Å²) >= 11 is 0. The van der Waals surface area contributed by atoms with Crippen molar-refractivity contribution in [2.24, 2.45) is 0 Å². The number of halogens is 4. The van der Waals surface area contributed by atoms with E-state index in [0.717, 1.165) is 0 Å². The fourth-order valence-electron chi connectivity index (χ4n) is 0.111. The number of nitrogens with one attached hydrogen (secondary N) is 1. The van der Waals surface area contributed by atoms with Crippen molar-refractivity contribution in [1.29, 1.82) is 0 Å². The van der Waals surface area contributed by atoms with Crippen molar-refractivity contribution in [2.75, 3.05) is 0 Å². The molecule has 6 heteroatoms. The van der Waals surface area contributed by atoms with Crippen LogP contribution in [0, 0.1) is 0 Å². The second kappa shape index (κ2) is 1.97. The Morgan fingerprint density at radius 1 is 1.38 bits per heavy atom. The molecule has 0 atom stereocenters. The molecule has 1 amide bonds. The van der Waals surface area contributed by atoms with E-state index in [4.69, 9.17) is 4.79 Å². The zero-order chi connectivity index (χ0) is 6.78. The number of rotatable bonds is 0. The van der Waals surface area contributed by atoms with Crippen LogP contribution in [0.15, 0.2) is 0 Å². The topological polar surface area (TPSA) is 29.1 Å². The molecule has 0 aromatic heterocycles. The SMILES string of the molecule is O=C(F)NC(F)(F)F. The highest BCUT2D eigenvalue weighted by Crippen LogP contribution is 2.08. The lowest BCUT2D eigenvalue weighted by atomic mass is 11.0. The van der Waals surface area contributed by atoms with Gasteiger partial charge in [0.2, 0.25) is 0 Å². The lowest BCUT2D eigenvalue weighted by molar-refractivity contribution is -0.147. The van der Waals surface area contributed by atoms with Crippen LogP contribution in [-0.4, -0.2) is 12.5 Å². The summed E-state index contributed by atoms with van der Waals surface area (Å²) in [4.78, 5) is 8.96. The van der Waals surface area contributed by atoms with Crippen LogP contribution in [-0.2, 0) is 0 Å². The van der Waals surface area contributed by atoms with Gasteiger partial charge in [-0.05, 0) is 0 Å². The molecule has 1 N–H and O–H groups in total. The monoisotopic (exact) mass is 131 g/mol. The van der Waals surface area contributed by atoms with Crippen molar-refractivity contribution >= 4 is 6.16 Å². The van der Waals surface area contributed by atoms with Crippen LogP contribution in [0.5, 0.6) is 0 Å². The number of carbonyl (C=O) groups excluding carboxylic acids is 1. The molecular formula is C2HF4NO. The number of hydrogen-bond donors (Lipinski definition) is 1. The van der Waals surface area contributed by atoms with E-state index >= 15 is 0 Å². The van der Waals surface area contributed by atoms with Gasteiger partial charge in [0.1, 0.15) is 0 Å². The Kier molecular flexibility index (Phi) is 1.77. The minimum Gasteiger partial charge on any atom is -0.239 e. The van der Waals surface area contributed by atoms with Crippen molar-refractivity contribution in [3.05, 3.63) is 0 Å². The molecule has 8 heavy (non-hydrogen) atoms. The van der Waals surface area contributed by atoms with Crippen LogP contribution in [0.2, 0.25) is 0 Å². The van der Waals surface area contributed by atoms with Gasteiger partial charge in [0.25, 0.3) is 0 Å². The summed E-state index contributed by atoms with van der Waals surface area (Å²) in [6.45, 7) is 0. The molecule has 0 fully saturated rings. The Balaban J connectivity index is 3.55. The molecule has 48 valence electrons. The van der Waals surface area contributed by atoms with E-state index in [1.807, 2.05) is 0 Å². The summed E-state index contributed by atoms with van der Waals surface area (Å²) < 4.78 is 42.9. The lowest BCUT2D eigenvalue weighted by Gasteiger charge is -2.01. The fourth-order valence-corrected chi connectivity index (χ4v) is 0.111. The average molecular weight is 131 g/mol. The molecule has 0 radical (unpaired) electrons. The predicted molar refractivity (Wildman–Crippen MR) is 15.7 cm³/mol. The van der Waals surface area contributed by atoms with Crippen LogP contribution < -0.4 is 5.32 Å². The molecule has 0 bridgehead atoms. The third-order valence-corrected chi connectivity index (χ3v) is 0.240. The second-order valence-corrected chi connectivity index (χ2v) is 0.896. The Morgan fingerprint density at radius 3 is 1.75 bits per heavy atom. The molecule has 0 aliphatic rings. The van der Waals surface area contributed by atoms with E-state index in [1.54, 1.807) is 0 Å². The zero-order valence-corrected chi connectivity index (χ0v) is 3.42. The van der Waals surface area contributed by atoms with Crippen LogP contribution >= 0.6 is 0 Å². The molecule has 0 heterocycles. The molecule has 2 nitrogen and oxygen atoms in total. The van der Waals surface area contributed by atoms with Gasteiger partial charge < -0.3 is 0 Å². The quantitative estimate of drug-likeness (QED) is 0.298. The summed E-state index contributed by atoms with van der Waals surface area (Å²) in [7, 11) is 0. The fraction of sp³-hybridized carbons (Fsp3) is 0.500. The van der Waals surface area contributed by atoms with Gasteiger partial charge in [0, 0.05) is 0 Å². The van der Waals surface area contributed by atoms with Crippen molar-refractivity contribution in [3.8, 4) is 0 Å². The van der Waals surface area contributed by atoms with Gasteiger partial charge in [0.15, 0.2) is 0 Å². The third kappa shape index (κ3) is 5.19. The van der Waals surface area contributed by atoms with E-state index in [-0.39, 0.29) is 5.32 Å². The van der Waals surface area contributed by atoms with Crippen molar-refractivity contribution in [3.63, 3.8) is 0 Å². The molecule has 0 aliphatic carbocycles. The largest absolute Gasteiger partial charge is 0.486 e. The Labute approximate surface area is 41.5 Å². The lowest BCUT2D eigenvalue weighted by Crippen LogP contribution is -2.33. The summed E-state index contributed by atoms with van der Waals surface area (Å²) in [5.41, 5.74) is 0. The van der Waals surface area contributed by atoms with Crippen molar-refractivity contribution < 1.29 is 22.4 Å². The van der Waals surface area contributed by atoms with E-state index < -0.39 is 12.5 Å². The summed E-state index contributed by atoms with van der Waals surface area (Å²) in [5.74, 6) is 0. The van der Waals surface area contributed by atoms with Gasteiger partial charge in [-0.2, -0.15) is 13.2 Å². The first-order chi connectivity index (χ1) is 3.42. The van der Waals surface area contributed by atoms with Crippen LogP contribution in [0.4, 0.5) is 22.4 Å². The van der Waals surface area contributed by atoms with Crippen molar-refractivity contribution in [1.82, 2.24) is 5.32 Å². The highest BCUT2D eigenvalue weighted by molar-refractivity contribution is 5.65. The van der Waals surface area contributed by atoms with Gasteiger partial charge in [-0.3, -0.25) is 0 Å². The van der Waals surface area contributed by atoms with Gasteiger partial charge in [-0.1, -0.05) is 0 Å². The van der Waals surface area contributed by atoms with Gasteiger partial charge in [-0.25, -0.2) is 10.1 Å². The molecule has 0 aromatic rings. The van der Waals surface area contributed by atoms with Gasteiger partial charge in [-0.15, -0.1) is 4.39 Å². The van der Waals surface area contributed by atoms with Gasteiger partial charge >= 0.3 is 12.5 Å². The first-order valence-corrected chi connectivity index (χ1v) is 1.46. The number of amides is 1.